The van der Waals surface area contributed by atoms with E-state index in [1.165, 1.54) is 82.0 Å². The standard InChI is InChI=1S/C53H36N2/c1-34-27-28-36-32-38(30-29-35(36)31-34)50-45-23-11-9-21-43(45)49(44-22-10-12-24-46(44)50)37-15-14-16-39(33-37)53-54-51-47-25-13-8-20-41(47)42-19-6-3-7-26-48(42)52(51)55(53)40-17-4-2-5-18-40/h2-18,20-33H,19H2,1H3. The fourth-order valence-electron chi connectivity index (χ4n) is 9.02. The van der Waals surface area contributed by atoms with Crippen LogP contribution in [0.25, 0.3) is 99.5 Å². The van der Waals surface area contributed by atoms with E-state index in [1.807, 2.05) is 0 Å². The molecule has 0 N–H and O–H groups in total. The van der Waals surface area contributed by atoms with Gasteiger partial charge in [-0.15, -0.1) is 0 Å². The Kier molecular flexibility index (Phi) is 7.18. The highest BCUT2D eigenvalue weighted by atomic mass is 15.1. The number of aryl methyl sites for hydroxylation is 1. The molecule has 0 fully saturated rings. The van der Waals surface area contributed by atoms with Crippen LogP contribution < -0.4 is 0 Å². The summed E-state index contributed by atoms with van der Waals surface area (Å²) in [6.07, 6.45) is 9.73. The molecule has 0 radical (unpaired) electrons. The summed E-state index contributed by atoms with van der Waals surface area (Å²) >= 11 is 0. The highest BCUT2D eigenvalue weighted by Gasteiger charge is 2.23. The third-order valence-corrected chi connectivity index (χ3v) is 11.4. The van der Waals surface area contributed by atoms with Crippen LogP contribution in [0, 0.1) is 6.92 Å². The molecule has 2 heteroatoms. The van der Waals surface area contributed by atoms with E-state index in [4.69, 9.17) is 4.98 Å². The number of hydrogen-bond donors (Lipinski definition) is 0. The van der Waals surface area contributed by atoms with Crippen molar-refractivity contribution in [2.75, 3.05) is 0 Å². The molecule has 1 aromatic heterocycles. The van der Waals surface area contributed by atoms with Crippen molar-refractivity contribution in [1.29, 1.82) is 0 Å². The van der Waals surface area contributed by atoms with E-state index in [0.717, 1.165) is 34.5 Å². The second-order valence-electron chi connectivity index (χ2n) is 14.7. The molecule has 0 saturated heterocycles. The molecule has 11 rings (SSSR count). The number of fused-ring (bicyclic) bond motifs is 9. The van der Waals surface area contributed by atoms with Gasteiger partial charge >= 0.3 is 0 Å². The van der Waals surface area contributed by atoms with Gasteiger partial charge in [0.25, 0.3) is 0 Å². The van der Waals surface area contributed by atoms with Gasteiger partial charge in [0.2, 0.25) is 0 Å². The van der Waals surface area contributed by atoms with E-state index in [1.54, 1.807) is 0 Å². The minimum Gasteiger partial charge on any atom is -0.292 e. The predicted molar refractivity (Wildman–Crippen MR) is 234 cm³/mol. The Morgan fingerprint density at radius 1 is 0.491 bits per heavy atom. The smallest absolute Gasteiger partial charge is 0.145 e. The Bertz CT molecular complexity index is 3180. The molecule has 1 aliphatic rings. The van der Waals surface area contributed by atoms with Gasteiger partial charge in [-0.25, -0.2) is 4.98 Å². The molecule has 1 aliphatic carbocycles. The molecule has 0 atom stereocenters. The van der Waals surface area contributed by atoms with Crippen LogP contribution in [0.2, 0.25) is 0 Å². The Labute approximate surface area is 320 Å². The van der Waals surface area contributed by atoms with Crippen molar-refractivity contribution in [3.63, 3.8) is 0 Å². The average Bonchev–Trinajstić information content (AvgIpc) is 3.47. The first kappa shape index (κ1) is 31.5. The van der Waals surface area contributed by atoms with Crippen molar-refractivity contribution in [3.05, 3.63) is 199 Å². The first-order valence-electron chi connectivity index (χ1n) is 19.1. The lowest BCUT2D eigenvalue weighted by molar-refractivity contribution is 1.10. The van der Waals surface area contributed by atoms with Crippen LogP contribution in [0.3, 0.4) is 0 Å². The van der Waals surface area contributed by atoms with Gasteiger partial charge in [0, 0.05) is 22.2 Å². The van der Waals surface area contributed by atoms with Crippen molar-refractivity contribution in [1.82, 2.24) is 9.55 Å². The Morgan fingerprint density at radius 2 is 1.09 bits per heavy atom. The topological polar surface area (TPSA) is 17.8 Å². The Hall–Kier alpha value is -7.03. The molecule has 1 heterocycles. The van der Waals surface area contributed by atoms with Gasteiger partial charge in [0.1, 0.15) is 5.82 Å². The quantitative estimate of drug-likeness (QED) is 0.167. The predicted octanol–water partition coefficient (Wildman–Crippen LogP) is 14.1. The van der Waals surface area contributed by atoms with Crippen molar-refractivity contribution in [2.24, 2.45) is 0 Å². The SMILES string of the molecule is Cc1ccc2cc(-c3c4ccccc4c(-c4cccc(-c5nc6c7ccccc7c7c(c6n5-c5ccccc5)C=CC=CC7)c4)c4ccccc34)ccc2c1. The first-order chi connectivity index (χ1) is 27.2. The average molecular weight is 701 g/mol. The van der Waals surface area contributed by atoms with Gasteiger partial charge in [0.05, 0.1) is 11.0 Å². The van der Waals surface area contributed by atoms with Crippen molar-refractivity contribution in [2.45, 2.75) is 13.3 Å². The molecule has 0 aliphatic heterocycles. The minimum absolute atomic E-state index is 0.874. The lowest BCUT2D eigenvalue weighted by atomic mass is 9.85. The monoisotopic (exact) mass is 700 g/mol. The van der Waals surface area contributed by atoms with E-state index < -0.39 is 0 Å². The number of allylic oxidation sites excluding steroid dienone is 3. The lowest BCUT2D eigenvalue weighted by Gasteiger charge is -2.18. The zero-order valence-corrected chi connectivity index (χ0v) is 30.5. The Morgan fingerprint density at radius 3 is 1.82 bits per heavy atom. The van der Waals surface area contributed by atoms with E-state index in [-0.39, 0.29) is 0 Å². The lowest BCUT2D eigenvalue weighted by Crippen LogP contribution is -2.00. The fraction of sp³-hybridized carbons (Fsp3) is 0.0377. The summed E-state index contributed by atoms with van der Waals surface area (Å²) in [5.41, 5.74) is 13.1. The van der Waals surface area contributed by atoms with Gasteiger partial charge in [0.15, 0.2) is 0 Å². The molecule has 10 aromatic rings. The van der Waals surface area contributed by atoms with E-state index >= 15 is 0 Å². The van der Waals surface area contributed by atoms with E-state index in [0.29, 0.717) is 0 Å². The van der Waals surface area contributed by atoms with Crippen LogP contribution in [-0.4, -0.2) is 9.55 Å². The zero-order valence-electron chi connectivity index (χ0n) is 30.5. The van der Waals surface area contributed by atoms with Gasteiger partial charge in [-0.05, 0) is 103 Å². The summed E-state index contributed by atoms with van der Waals surface area (Å²) in [7, 11) is 0. The highest BCUT2D eigenvalue weighted by Crippen LogP contribution is 2.45. The molecular weight excluding hydrogens is 665 g/mol. The molecule has 0 unspecified atom stereocenters. The highest BCUT2D eigenvalue weighted by molar-refractivity contribution is 6.22. The summed E-state index contributed by atoms with van der Waals surface area (Å²) in [5, 5.41) is 9.95. The molecule has 0 bridgehead atoms. The molecule has 0 spiro atoms. The van der Waals surface area contributed by atoms with Crippen LogP contribution in [0.4, 0.5) is 0 Å². The molecule has 55 heavy (non-hydrogen) atoms. The third-order valence-electron chi connectivity index (χ3n) is 11.4. The third kappa shape index (κ3) is 4.99. The van der Waals surface area contributed by atoms with Crippen molar-refractivity contribution < 1.29 is 0 Å². The molecular formula is C53H36N2. The second-order valence-corrected chi connectivity index (χ2v) is 14.7. The summed E-state index contributed by atoms with van der Waals surface area (Å²) in [6.45, 7) is 2.16. The number of hydrogen-bond acceptors (Lipinski definition) is 1. The number of benzene rings is 9. The maximum absolute atomic E-state index is 5.58. The summed E-state index contributed by atoms with van der Waals surface area (Å²) in [6, 6.07) is 60.0. The number of aromatic nitrogens is 2. The van der Waals surface area contributed by atoms with Crippen LogP contribution >= 0.6 is 0 Å². The molecule has 0 amide bonds. The molecule has 9 aromatic carbocycles. The van der Waals surface area contributed by atoms with Gasteiger partial charge in [-0.1, -0.05) is 169 Å². The molecule has 258 valence electrons. The number of rotatable bonds is 4. The first-order valence-corrected chi connectivity index (χ1v) is 19.1. The van der Waals surface area contributed by atoms with Crippen LogP contribution in [0.5, 0.6) is 0 Å². The van der Waals surface area contributed by atoms with Crippen LogP contribution in [0.15, 0.2) is 182 Å². The molecule has 2 nitrogen and oxygen atoms in total. The van der Waals surface area contributed by atoms with E-state index in [9.17, 15) is 0 Å². The van der Waals surface area contributed by atoms with Gasteiger partial charge in [-0.3, -0.25) is 4.57 Å². The fourth-order valence-corrected chi connectivity index (χ4v) is 9.02. The number of para-hydroxylation sites is 1. The largest absolute Gasteiger partial charge is 0.292 e. The van der Waals surface area contributed by atoms with Crippen molar-refractivity contribution >= 4 is 60.2 Å². The van der Waals surface area contributed by atoms with Crippen LogP contribution in [0.1, 0.15) is 16.7 Å². The number of nitrogens with zero attached hydrogens (tertiary/aromatic N) is 2. The summed E-state index contributed by atoms with van der Waals surface area (Å²) < 4.78 is 2.38. The maximum atomic E-state index is 5.58. The number of imidazole rings is 1. The zero-order chi connectivity index (χ0) is 36.5. The second kappa shape index (κ2) is 12.5. The molecule has 0 saturated carbocycles. The summed E-state index contributed by atoms with van der Waals surface area (Å²) in [5.74, 6) is 0.934. The minimum atomic E-state index is 0.874. The van der Waals surface area contributed by atoms with Gasteiger partial charge < -0.3 is 0 Å². The Balaban J connectivity index is 1.19. The van der Waals surface area contributed by atoms with Crippen molar-refractivity contribution in [3.8, 4) is 39.3 Å². The van der Waals surface area contributed by atoms with Gasteiger partial charge in [-0.2, -0.15) is 0 Å². The summed E-state index contributed by atoms with van der Waals surface area (Å²) in [4.78, 5) is 5.58. The maximum Gasteiger partial charge on any atom is 0.145 e. The van der Waals surface area contributed by atoms with E-state index in [2.05, 4.69) is 200 Å². The normalized spacial score (nSPS) is 12.6. The van der Waals surface area contributed by atoms with Crippen LogP contribution in [-0.2, 0) is 6.42 Å².